The summed E-state index contributed by atoms with van der Waals surface area (Å²) in [6, 6.07) is 5.37. The van der Waals surface area contributed by atoms with Gasteiger partial charge in [-0.2, -0.15) is 5.10 Å². The van der Waals surface area contributed by atoms with Gasteiger partial charge in [-0.15, -0.1) is 0 Å². The topological polar surface area (TPSA) is 59.0 Å². The highest BCUT2D eigenvalue weighted by atomic mass is 35.5. The maximum Gasteiger partial charge on any atom is 0.319 e. The monoisotopic (exact) mass is 446 g/mol. The molecule has 160 valence electrons. The van der Waals surface area contributed by atoms with Crippen LogP contribution in [0.1, 0.15) is 55.5 Å². The molecule has 0 spiro atoms. The second-order valence-corrected chi connectivity index (χ2v) is 10.5. The number of urea groups is 1. The highest BCUT2D eigenvalue weighted by molar-refractivity contribution is 6.35. The molecular weight excluding hydrogens is 419 g/mol. The number of nitrogens with zero attached hydrogens (tertiary/aromatic N) is 2. The van der Waals surface area contributed by atoms with Gasteiger partial charge in [-0.3, -0.25) is 4.68 Å². The number of rotatable bonds is 4. The van der Waals surface area contributed by atoms with Gasteiger partial charge >= 0.3 is 6.03 Å². The molecule has 5 nitrogen and oxygen atoms in total. The zero-order chi connectivity index (χ0) is 21.0. The molecule has 4 fully saturated rings. The van der Waals surface area contributed by atoms with Crippen LogP contribution in [-0.4, -0.2) is 21.4 Å². The van der Waals surface area contributed by atoms with E-state index in [0.717, 1.165) is 59.7 Å². The van der Waals surface area contributed by atoms with Crippen LogP contribution in [-0.2, 0) is 6.54 Å². The normalized spacial score (nSPS) is 29.3. The van der Waals surface area contributed by atoms with Crippen LogP contribution in [0.25, 0.3) is 0 Å². The van der Waals surface area contributed by atoms with E-state index in [-0.39, 0.29) is 11.6 Å². The Hall–Kier alpha value is -1.72. The van der Waals surface area contributed by atoms with E-state index in [2.05, 4.69) is 15.7 Å². The first-order valence-electron chi connectivity index (χ1n) is 10.9. The molecule has 1 heterocycles. The molecule has 7 heteroatoms. The molecule has 2 aromatic rings. The third kappa shape index (κ3) is 3.60. The van der Waals surface area contributed by atoms with Gasteiger partial charge < -0.3 is 10.6 Å². The van der Waals surface area contributed by atoms with Crippen LogP contribution >= 0.6 is 23.2 Å². The number of amides is 2. The third-order valence-electron chi connectivity index (χ3n) is 7.41. The fraction of sp³-hybridized carbons (Fsp3) is 0.565. The molecular formula is C23H28Cl2N4O. The summed E-state index contributed by atoms with van der Waals surface area (Å²) in [6.07, 6.45) is 7.48. The van der Waals surface area contributed by atoms with Gasteiger partial charge in [-0.1, -0.05) is 29.3 Å². The molecule has 4 bridgehead atoms. The average molecular weight is 447 g/mol. The Bertz CT molecular complexity index is 944. The summed E-state index contributed by atoms with van der Waals surface area (Å²) in [6.45, 7) is 4.34. The lowest BCUT2D eigenvalue weighted by atomic mass is 9.53. The van der Waals surface area contributed by atoms with Gasteiger partial charge in [-0.25, -0.2) is 4.79 Å². The highest BCUT2D eigenvalue weighted by Gasteiger charge is 2.51. The fourth-order valence-electron chi connectivity index (χ4n) is 6.51. The lowest BCUT2D eigenvalue weighted by Gasteiger charge is -2.56. The van der Waals surface area contributed by atoms with Crippen molar-refractivity contribution in [3.8, 4) is 0 Å². The van der Waals surface area contributed by atoms with E-state index in [0.29, 0.717) is 16.6 Å². The largest absolute Gasteiger partial charge is 0.332 e. The van der Waals surface area contributed by atoms with Gasteiger partial charge in [0.25, 0.3) is 0 Å². The molecule has 4 saturated carbocycles. The number of benzene rings is 1. The maximum atomic E-state index is 13.0. The summed E-state index contributed by atoms with van der Waals surface area (Å²) >= 11 is 12.7. The Kier molecular flexibility index (Phi) is 5.02. The van der Waals surface area contributed by atoms with Crippen molar-refractivity contribution in [2.75, 3.05) is 5.32 Å². The van der Waals surface area contributed by atoms with Crippen LogP contribution in [0.3, 0.4) is 0 Å². The molecule has 0 atom stereocenters. The van der Waals surface area contributed by atoms with Crippen molar-refractivity contribution >= 4 is 34.9 Å². The second kappa shape index (κ2) is 7.45. The number of halogens is 2. The van der Waals surface area contributed by atoms with E-state index in [9.17, 15) is 4.79 Å². The zero-order valence-corrected chi connectivity index (χ0v) is 19.0. The van der Waals surface area contributed by atoms with E-state index in [1.165, 1.54) is 19.3 Å². The minimum atomic E-state index is -0.113. The molecule has 1 aromatic heterocycles. The number of hydrogen-bond acceptors (Lipinski definition) is 2. The molecule has 30 heavy (non-hydrogen) atoms. The summed E-state index contributed by atoms with van der Waals surface area (Å²) in [7, 11) is 0. The van der Waals surface area contributed by atoms with Crippen LogP contribution in [0.4, 0.5) is 10.5 Å². The number of anilines is 1. The minimum absolute atomic E-state index is 0.0122. The lowest BCUT2D eigenvalue weighted by Crippen LogP contribution is -2.60. The molecule has 4 aliphatic rings. The van der Waals surface area contributed by atoms with Crippen molar-refractivity contribution in [2.24, 2.45) is 17.8 Å². The number of carbonyl (C=O) groups excluding carboxylic acids is 1. The van der Waals surface area contributed by atoms with Crippen molar-refractivity contribution in [3.63, 3.8) is 0 Å². The predicted octanol–water partition coefficient (Wildman–Crippen LogP) is 5.95. The van der Waals surface area contributed by atoms with Crippen LogP contribution in [0.2, 0.25) is 10.0 Å². The zero-order valence-electron chi connectivity index (χ0n) is 17.5. The number of hydrogen-bond donors (Lipinski definition) is 2. The molecule has 2 N–H and O–H groups in total. The molecule has 0 unspecified atom stereocenters. The van der Waals surface area contributed by atoms with Crippen LogP contribution in [0, 0.1) is 31.6 Å². The second-order valence-electron chi connectivity index (χ2n) is 9.68. The maximum absolute atomic E-state index is 13.0. The average Bonchev–Trinajstić information content (AvgIpc) is 2.90. The van der Waals surface area contributed by atoms with E-state index >= 15 is 0 Å². The SMILES string of the molecule is Cc1nn(Cc2c(Cl)cccc2Cl)c(C)c1NC(=O)NC12CC3CC(CC(C3)C1)C2. The molecule has 4 aliphatic carbocycles. The van der Waals surface area contributed by atoms with Crippen LogP contribution in [0.5, 0.6) is 0 Å². The number of aryl methyl sites for hydroxylation is 1. The van der Waals surface area contributed by atoms with Crippen LogP contribution < -0.4 is 10.6 Å². The summed E-state index contributed by atoms with van der Waals surface area (Å²) in [4.78, 5) is 13.0. The molecule has 0 aliphatic heterocycles. The third-order valence-corrected chi connectivity index (χ3v) is 8.11. The van der Waals surface area contributed by atoms with E-state index < -0.39 is 0 Å². The summed E-state index contributed by atoms with van der Waals surface area (Å²) < 4.78 is 1.85. The van der Waals surface area contributed by atoms with Crippen molar-refractivity contribution in [1.82, 2.24) is 15.1 Å². The van der Waals surface area contributed by atoms with Gasteiger partial charge in [0, 0.05) is 21.1 Å². The van der Waals surface area contributed by atoms with E-state index in [1.54, 1.807) is 0 Å². The first-order chi connectivity index (χ1) is 14.3. The Labute approximate surface area is 187 Å². The predicted molar refractivity (Wildman–Crippen MR) is 120 cm³/mol. The highest BCUT2D eigenvalue weighted by Crippen LogP contribution is 2.55. The van der Waals surface area contributed by atoms with Gasteiger partial charge in [0.1, 0.15) is 0 Å². The summed E-state index contributed by atoms with van der Waals surface area (Å²) in [5, 5.41) is 12.3. The van der Waals surface area contributed by atoms with Gasteiger partial charge in [-0.05, 0) is 82.3 Å². The fourth-order valence-corrected chi connectivity index (χ4v) is 7.03. The molecule has 0 radical (unpaired) electrons. The molecule has 0 saturated heterocycles. The first-order valence-corrected chi connectivity index (χ1v) is 11.6. The van der Waals surface area contributed by atoms with Crippen molar-refractivity contribution in [2.45, 2.75) is 64.5 Å². The van der Waals surface area contributed by atoms with Crippen LogP contribution in [0.15, 0.2) is 18.2 Å². The van der Waals surface area contributed by atoms with Crippen molar-refractivity contribution < 1.29 is 4.79 Å². The van der Waals surface area contributed by atoms with E-state index in [1.807, 2.05) is 36.7 Å². The summed E-state index contributed by atoms with van der Waals surface area (Å²) in [5.74, 6) is 2.38. The Morgan fingerprint density at radius 3 is 2.23 bits per heavy atom. The standard InChI is InChI=1S/C23H28Cl2N4O/c1-13-21(14(2)29(28-13)12-18-19(24)4-3-5-20(18)25)26-22(30)27-23-9-15-6-16(10-23)8-17(7-15)11-23/h3-5,15-17H,6-12H2,1-2H3,(H2,26,27,30). The van der Waals surface area contributed by atoms with Crippen molar-refractivity contribution in [1.29, 1.82) is 0 Å². The Morgan fingerprint density at radius 2 is 1.67 bits per heavy atom. The van der Waals surface area contributed by atoms with Gasteiger partial charge in [0.15, 0.2) is 0 Å². The number of aromatic nitrogens is 2. The van der Waals surface area contributed by atoms with Crippen molar-refractivity contribution in [3.05, 3.63) is 45.2 Å². The molecule has 1 aromatic carbocycles. The Balaban J connectivity index is 1.31. The van der Waals surface area contributed by atoms with E-state index in [4.69, 9.17) is 23.2 Å². The van der Waals surface area contributed by atoms with Gasteiger partial charge in [0.05, 0.1) is 23.6 Å². The number of carbonyl (C=O) groups is 1. The number of nitrogens with one attached hydrogen (secondary N) is 2. The smallest absolute Gasteiger partial charge is 0.319 e. The molecule has 6 rings (SSSR count). The lowest BCUT2D eigenvalue weighted by molar-refractivity contribution is -0.0127. The quantitative estimate of drug-likeness (QED) is 0.609. The van der Waals surface area contributed by atoms with Gasteiger partial charge in [0.2, 0.25) is 0 Å². The molecule has 2 amide bonds. The Morgan fingerprint density at radius 1 is 1.10 bits per heavy atom. The summed E-state index contributed by atoms with van der Waals surface area (Å²) in [5.41, 5.74) is 3.26. The first kappa shape index (κ1) is 20.2. The minimum Gasteiger partial charge on any atom is -0.332 e.